The first kappa shape index (κ1) is 16.1. The molecule has 2 aliphatic heterocycles. The molecule has 23 heavy (non-hydrogen) atoms. The van der Waals surface area contributed by atoms with Gasteiger partial charge in [0.15, 0.2) is 6.04 Å². The summed E-state index contributed by atoms with van der Waals surface area (Å²) in [5.41, 5.74) is 2.25. The van der Waals surface area contributed by atoms with Crippen molar-refractivity contribution in [3.8, 4) is 0 Å². The number of morpholine rings is 1. The fourth-order valence-corrected chi connectivity index (χ4v) is 3.32. The van der Waals surface area contributed by atoms with Crippen LogP contribution in [0.4, 0.5) is 11.4 Å². The Balaban J connectivity index is 1.64. The Kier molecular flexibility index (Phi) is 4.75. The number of carbonyl (C=O) groups excluding carboxylic acids is 2. The number of rotatable bonds is 4. The van der Waals surface area contributed by atoms with Crippen LogP contribution in [0.1, 0.15) is 20.3 Å². The number of nitrogens with one attached hydrogen (secondary N) is 1. The maximum atomic E-state index is 12.3. The Hall–Kier alpha value is -1.76. The lowest BCUT2D eigenvalue weighted by molar-refractivity contribution is -0.842. The highest BCUT2D eigenvalue weighted by Gasteiger charge is 2.42. The Bertz CT molecular complexity index is 579. The molecule has 0 saturated carbocycles. The van der Waals surface area contributed by atoms with Crippen molar-refractivity contribution in [2.24, 2.45) is 0 Å². The predicted molar refractivity (Wildman–Crippen MR) is 84.6 cm³/mol. The second-order valence-corrected chi connectivity index (χ2v) is 6.51. The number of nitrogens with two attached hydrogens (primary N) is 1. The highest BCUT2D eigenvalue weighted by Crippen LogP contribution is 2.15. The summed E-state index contributed by atoms with van der Waals surface area (Å²) in [5.74, 6) is -0.145. The molecule has 1 aromatic carbocycles. The summed E-state index contributed by atoms with van der Waals surface area (Å²) in [6.07, 6.45) is 0.285. The van der Waals surface area contributed by atoms with Crippen molar-refractivity contribution >= 4 is 23.2 Å². The lowest BCUT2D eigenvalue weighted by atomic mass is 10.2. The van der Waals surface area contributed by atoms with Crippen molar-refractivity contribution in [1.82, 2.24) is 4.90 Å². The number of likely N-dealkylation sites (tertiary alicyclic amines) is 1. The largest absolute Gasteiger partial charge is 0.370 e. The van der Waals surface area contributed by atoms with Crippen LogP contribution in [-0.4, -0.2) is 55.1 Å². The quantitative estimate of drug-likeness (QED) is 0.550. The first-order valence-corrected chi connectivity index (χ1v) is 8.30. The van der Waals surface area contributed by atoms with Gasteiger partial charge in [0.1, 0.15) is 24.5 Å². The zero-order valence-corrected chi connectivity index (χ0v) is 13.7. The Morgan fingerprint density at radius 3 is 2.39 bits per heavy atom. The van der Waals surface area contributed by atoms with Crippen molar-refractivity contribution in [1.29, 1.82) is 0 Å². The van der Waals surface area contributed by atoms with Gasteiger partial charge >= 0.3 is 0 Å². The maximum Gasteiger partial charge on any atom is 0.288 e. The van der Waals surface area contributed by atoms with Gasteiger partial charge < -0.3 is 10.1 Å². The number of ether oxygens (including phenoxy) is 1. The lowest BCUT2D eigenvalue weighted by Gasteiger charge is -2.23. The van der Waals surface area contributed by atoms with Crippen molar-refractivity contribution in [2.45, 2.75) is 32.4 Å². The van der Waals surface area contributed by atoms with Gasteiger partial charge in [-0.05, 0) is 13.8 Å². The summed E-state index contributed by atoms with van der Waals surface area (Å²) in [6.45, 7) is 7.32. The van der Waals surface area contributed by atoms with Crippen LogP contribution in [0.2, 0.25) is 0 Å². The van der Waals surface area contributed by atoms with E-state index in [9.17, 15) is 9.59 Å². The second-order valence-electron chi connectivity index (χ2n) is 6.51. The summed E-state index contributed by atoms with van der Waals surface area (Å²) in [5, 5.41) is 1.92. The van der Waals surface area contributed by atoms with Crippen molar-refractivity contribution < 1.29 is 24.5 Å². The van der Waals surface area contributed by atoms with E-state index in [1.807, 2.05) is 31.3 Å². The van der Waals surface area contributed by atoms with Gasteiger partial charge in [-0.1, -0.05) is 0 Å². The number of benzene rings is 1. The average molecular weight is 319 g/mol. The van der Waals surface area contributed by atoms with E-state index < -0.39 is 0 Å². The minimum Gasteiger partial charge on any atom is -0.370 e. The monoisotopic (exact) mass is 319 g/mol. The van der Waals surface area contributed by atoms with E-state index in [1.54, 1.807) is 0 Å². The molecule has 0 radical (unpaired) electrons. The van der Waals surface area contributed by atoms with Gasteiger partial charge in [-0.15, -0.1) is 0 Å². The zero-order valence-electron chi connectivity index (χ0n) is 13.7. The maximum absolute atomic E-state index is 12.3. The number of amides is 2. The van der Waals surface area contributed by atoms with Gasteiger partial charge in [0.05, 0.1) is 19.6 Å². The van der Waals surface area contributed by atoms with Gasteiger partial charge in [-0.25, -0.2) is 0 Å². The molecular weight excluding hydrogens is 294 g/mol. The SMILES string of the molecule is CC(C)N1C(=O)CC([NH2+]c2ccc([NH+]3CCOCC3)cc2)C1=O. The molecule has 3 rings (SSSR count). The fraction of sp³-hybridized carbons (Fsp3) is 0.529. The van der Waals surface area contributed by atoms with Gasteiger partial charge in [-0.3, -0.25) is 19.4 Å². The minimum absolute atomic E-state index is 0.0688. The third-order valence-corrected chi connectivity index (χ3v) is 4.54. The lowest BCUT2D eigenvalue weighted by Crippen LogP contribution is -3.09. The molecule has 2 heterocycles. The molecule has 2 fully saturated rings. The van der Waals surface area contributed by atoms with E-state index in [1.165, 1.54) is 15.5 Å². The number of nitrogens with zero attached hydrogens (tertiary/aromatic N) is 1. The summed E-state index contributed by atoms with van der Waals surface area (Å²) in [7, 11) is 0. The molecule has 3 N–H and O–H groups in total. The van der Waals surface area contributed by atoms with Crippen molar-refractivity contribution in [2.75, 3.05) is 26.3 Å². The topological polar surface area (TPSA) is 67.7 Å². The van der Waals surface area contributed by atoms with Crippen LogP contribution >= 0.6 is 0 Å². The molecule has 1 atom stereocenters. The van der Waals surface area contributed by atoms with Crippen LogP contribution in [0.15, 0.2) is 24.3 Å². The molecule has 0 aromatic heterocycles. The van der Waals surface area contributed by atoms with Crippen molar-refractivity contribution in [3.63, 3.8) is 0 Å². The zero-order chi connectivity index (χ0) is 16.4. The van der Waals surface area contributed by atoms with Crippen LogP contribution in [0.5, 0.6) is 0 Å². The molecule has 1 aromatic rings. The van der Waals surface area contributed by atoms with Crippen LogP contribution in [0.25, 0.3) is 0 Å². The predicted octanol–water partition coefficient (Wildman–Crippen LogP) is -1.04. The molecule has 1 unspecified atom stereocenters. The van der Waals surface area contributed by atoms with Gasteiger partial charge in [0, 0.05) is 30.3 Å². The molecule has 0 aliphatic carbocycles. The first-order valence-electron chi connectivity index (χ1n) is 8.30. The molecule has 2 aliphatic rings. The van der Waals surface area contributed by atoms with E-state index in [4.69, 9.17) is 4.74 Å². The van der Waals surface area contributed by atoms with Gasteiger partial charge in [0.25, 0.3) is 5.91 Å². The third-order valence-electron chi connectivity index (χ3n) is 4.54. The Morgan fingerprint density at radius 1 is 1.17 bits per heavy atom. The standard InChI is InChI=1S/C17H23N3O3/c1-12(2)20-16(21)11-15(17(20)22)18-13-3-5-14(6-4-13)19-7-9-23-10-8-19/h3-6,12,15,18H,7-11H2,1-2H3/p+2. The minimum atomic E-state index is -0.327. The first-order chi connectivity index (χ1) is 11.1. The van der Waals surface area contributed by atoms with Gasteiger partial charge in [0.2, 0.25) is 5.91 Å². The molecule has 2 saturated heterocycles. The van der Waals surface area contributed by atoms with Crippen LogP contribution in [0.3, 0.4) is 0 Å². The number of imide groups is 1. The summed E-state index contributed by atoms with van der Waals surface area (Å²) < 4.78 is 5.38. The van der Waals surface area contributed by atoms with E-state index in [-0.39, 0.29) is 30.3 Å². The molecule has 124 valence electrons. The number of hydrogen-bond donors (Lipinski definition) is 2. The third kappa shape index (κ3) is 3.44. The summed E-state index contributed by atoms with van der Waals surface area (Å²) in [6, 6.07) is 7.88. The van der Waals surface area contributed by atoms with E-state index in [2.05, 4.69) is 12.1 Å². The number of quaternary nitrogens is 2. The highest BCUT2D eigenvalue weighted by molar-refractivity contribution is 6.05. The second kappa shape index (κ2) is 6.78. The van der Waals surface area contributed by atoms with E-state index in [0.29, 0.717) is 0 Å². The fourth-order valence-electron chi connectivity index (χ4n) is 3.32. The van der Waals surface area contributed by atoms with Crippen LogP contribution < -0.4 is 10.2 Å². The molecule has 2 amide bonds. The molecule has 0 spiro atoms. The molecule has 6 nitrogen and oxygen atoms in total. The molecular formula is C17H25N3O3+2. The van der Waals surface area contributed by atoms with Crippen LogP contribution in [-0.2, 0) is 14.3 Å². The van der Waals surface area contributed by atoms with E-state index in [0.717, 1.165) is 32.0 Å². The Morgan fingerprint density at radius 2 is 1.83 bits per heavy atom. The van der Waals surface area contributed by atoms with E-state index >= 15 is 0 Å². The smallest absolute Gasteiger partial charge is 0.288 e. The number of hydrogen-bond acceptors (Lipinski definition) is 3. The summed E-state index contributed by atoms with van der Waals surface area (Å²) >= 11 is 0. The Labute approximate surface area is 136 Å². The summed E-state index contributed by atoms with van der Waals surface area (Å²) in [4.78, 5) is 27.1. The highest BCUT2D eigenvalue weighted by atomic mass is 16.5. The molecule has 0 bridgehead atoms. The van der Waals surface area contributed by atoms with Crippen LogP contribution in [0, 0.1) is 0 Å². The normalized spacial score (nSPS) is 23.1. The van der Waals surface area contributed by atoms with Gasteiger partial charge in [-0.2, -0.15) is 0 Å². The average Bonchev–Trinajstić information content (AvgIpc) is 2.83. The molecule has 6 heteroatoms. The van der Waals surface area contributed by atoms with Crippen molar-refractivity contribution in [3.05, 3.63) is 24.3 Å². The number of carbonyl (C=O) groups is 2.